The lowest BCUT2D eigenvalue weighted by Gasteiger charge is -2.45. The molecule has 2 heterocycles. The summed E-state index contributed by atoms with van der Waals surface area (Å²) in [5.41, 5.74) is 9.64. The zero-order valence-corrected chi connectivity index (χ0v) is 20.6. The maximum Gasteiger partial charge on any atom is 0.222 e. The van der Waals surface area contributed by atoms with E-state index >= 15 is 0 Å². The molecule has 1 saturated carbocycles. The lowest BCUT2D eigenvalue weighted by Crippen LogP contribution is -2.47. The van der Waals surface area contributed by atoms with Crippen molar-refractivity contribution in [3.05, 3.63) is 76.6 Å². The van der Waals surface area contributed by atoms with Crippen LogP contribution in [-0.4, -0.2) is 38.5 Å². The van der Waals surface area contributed by atoms with Gasteiger partial charge in [0.25, 0.3) is 0 Å². The normalized spacial score (nSPS) is 22.6. The average Bonchev–Trinajstić information content (AvgIpc) is 3.40. The number of carbonyl (C=O) groups excluding carboxylic acids is 1. The molecule has 2 aliphatic rings. The molecule has 0 saturated heterocycles. The van der Waals surface area contributed by atoms with Gasteiger partial charge in [0.15, 0.2) is 0 Å². The van der Waals surface area contributed by atoms with Crippen molar-refractivity contribution in [2.24, 2.45) is 11.1 Å². The molecule has 0 aliphatic heterocycles. The van der Waals surface area contributed by atoms with Crippen LogP contribution in [0.1, 0.15) is 55.1 Å². The van der Waals surface area contributed by atoms with Crippen molar-refractivity contribution in [2.75, 3.05) is 7.11 Å². The molecule has 7 nitrogen and oxygen atoms in total. The van der Waals surface area contributed by atoms with Gasteiger partial charge in [-0.2, -0.15) is 5.10 Å². The highest BCUT2D eigenvalue weighted by Crippen LogP contribution is 2.59. The van der Waals surface area contributed by atoms with Crippen LogP contribution < -0.4 is 10.5 Å². The van der Waals surface area contributed by atoms with Crippen molar-refractivity contribution >= 4 is 12.0 Å². The fourth-order valence-corrected chi connectivity index (χ4v) is 6.22. The second kappa shape index (κ2) is 9.17. The average molecular weight is 491 g/mol. The number of carbonyl (C=O) groups is 1. The van der Waals surface area contributed by atoms with E-state index < -0.39 is 16.9 Å². The molecule has 1 aromatic carbocycles. The summed E-state index contributed by atoms with van der Waals surface area (Å²) in [5.74, 6) is -0.151. The van der Waals surface area contributed by atoms with E-state index in [-0.39, 0.29) is 12.2 Å². The number of methoxy groups -OCH3 is 1. The third-order valence-electron chi connectivity index (χ3n) is 8.13. The number of nitrogens with two attached hydrogens (primary N) is 1. The van der Waals surface area contributed by atoms with Crippen LogP contribution in [0.5, 0.6) is 5.75 Å². The molecule has 5 rings (SSSR count). The van der Waals surface area contributed by atoms with E-state index in [1.165, 1.54) is 17.7 Å². The molecule has 188 valence electrons. The number of hydrogen-bond acceptors (Lipinski definition) is 5. The van der Waals surface area contributed by atoms with Crippen molar-refractivity contribution < 1.29 is 19.0 Å². The third-order valence-corrected chi connectivity index (χ3v) is 8.13. The molecule has 0 bridgehead atoms. The number of halogens is 1. The summed E-state index contributed by atoms with van der Waals surface area (Å²) in [6, 6.07) is 8.03. The highest BCUT2D eigenvalue weighted by molar-refractivity contribution is 5.77. The first-order valence-corrected chi connectivity index (χ1v) is 12.4. The van der Waals surface area contributed by atoms with E-state index in [9.17, 15) is 14.3 Å². The lowest BCUT2D eigenvalue weighted by atomic mass is 9.63. The number of amides is 1. The van der Waals surface area contributed by atoms with Gasteiger partial charge < -0.3 is 15.6 Å². The Kier molecular flexibility index (Phi) is 6.16. The largest absolute Gasteiger partial charge is 0.496 e. The van der Waals surface area contributed by atoms with Crippen LogP contribution in [0.3, 0.4) is 0 Å². The van der Waals surface area contributed by atoms with Crippen molar-refractivity contribution in [3.8, 4) is 11.4 Å². The Labute approximate surface area is 209 Å². The molecule has 3 N–H and O–H groups in total. The minimum absolute atomic E-state index is 0.0424. The zero-order valence-electron chi connectivity index (χ0n) is 20.6. The fraction of sp³-hybridized carbons (Fsp3) is 0.393. The van der Waals surface area contributed by atoms with E-state index in [0.717, 1.165) is 35.5 Å². The quantitative estimate of drug-likeness (QED) is 0.498. The number of aryl methyl sites for hydroxylation is 1. The smallest absolute Gasteiger partial charge is 0.222 e. The Hall–Kier alpha value is -3.52. The summed E-state index contributed by atoms with van der Waals surface area (Å²) < 4.78 is 20.7. The van der Waals surface area contributed by atoms with Gasteiger partial charge in [-0.3, -0.25) is 9.78 Å². The van der Waals surface area contributed by atoms with Gasteiger partial charge in [0.05, 0.1) is 36.7 Å². The number of primary amides is 1. The number of aromatic nitrogens is 3. The van der Waals surface area contributed by atoms with Crippen LogP contribution in [-0.2, 0) is 24.1 Å². The van der Waals surface area contributed by atoms with E-state index in [1.54, 1.807) is 31.5 Å². The molecule has 2 aromatic heterocycles. The summed E-state index contributed by atoms with van der Waals surface area (Å²) in [6.45, 7) is 2.13. The Bertz CT molecular complexity index is 1330. The Morgan fingerprint density at radius 3 is 2.75 bits per heavy atom. The molecule has 2 atom stereocenters. The Morgan fingerprint density at radius 2 is 2.06 bits per heavy atom. The van der Waals surface area contributed by atoms with Crippen LogP contribution in [0, 0.1) is 11.2 Å². The number of nitrogens with zero attached hydrogens (tertiary/aromatic N) is 3. The van der Waals surface area contributed by atoms with Crippen molar-refractivity contribution in [1.82, 2.24) is 14.8 Å². The van der Waals surface area contributed by atoms with Crippen LogP contribution in [0.25, 0.3) is 11.8 Å². The predicted molar refractivity (Wildman–Crippen MR) is 134 cm³/mol. The Morgan fingerprint density at radius 1 is 1.28 bits per heavy atom. The van der Waals surface area contributed by atoms with Crippen LogP contribution >= 0.6 is 0 Å². The zero-order chi connectivity index (χ0) is 25.5. The number of rotatable bonds is 8. The summed E-state index contributed by atoms with van der Waals surface area (Å²) in [4.78, 5) is 16.2. The first-order valence-electron chi connectivity index (χ1n) is 12.4. The highest BCUT2D eigenvalue weighted by Gasteiger charge is 2.56. The van der Waals surface area contributed by atoms with Crippen molar-refractivity contribution in [1.29, 1.82) is 0 Å². The standard InChI is InChI=1S/C28H31FN4O3/c1-3-27-16-18-17-32-33(21-6-4-20(29)5-7-21)24(18)14-19(27)8-11-28(27,35)12-9-23-22(15-26(30)34)25(36-2)10-13-31-23/h4-7,10,13-14,17,35H,3,8-9,11-12,15-16H2,1-2H3,(H2,30,34)/t27-,28+/m0/s1. The maximum absolute atomic E-state index is 13.4. The monoisotopic (exact) mass is 490 g/mol. The summed E-state index contributed by atoms with van der Waals surface area (Å²) in [7, 11) is 1.56. The molecule has 0 unspecified atom stereocenters. The van der Waals surface area contributed by atoms with Gasteiger partial charge in [0.2, 0.25) is 5.91 Å². The predicted octanol–water partition coefficient (Wildman–Crippen LogP) is 3.94. The summed E-state index contributed by atoms with van der Waals surface area (Å²) in [6.07, 6.45) is 9.65. The summed E-state index contributed by atoms with van der Waals surface area (Å²) in [5, 5.41) is 16.7. The van der Waals surface area contributed by atoms with Crippen LogP contribution in [0.2, 0.25) is 0 Å². The molecule has 1 fully saturated rings. The third kappa shape index (κ3) is 3.89. The maximum atomic E-state index is 13.4. The number of ether oxygens (including phenoxy) is 1. The van der Waals surface area contributed by atoms with Gasteiger partial charge in [0, 0.05) is 22.9 Å². The molecule has 1 amide bonds. The highest BCUT2D eigenvalue weighted by atomic mass is 19.1. The van der Waals surface area contributed by atoms with Crippen molar-refractivity contribution in [2.45, 2.75) is 57.5 Å². The molecule has 2 aliphatic carbocycles. The van der Waals surface area contributed by atoms with Gasteiger partial charge in [-0.15, -0.1) is 0 Å². The lowest BCUT2D eigenvalue weighted by molar-refractivity contribution is -0.117. The number of benzene rings is 1. The van der Waals surface area contributed by atoms with E-state index in [2.05, 4.69) is 23.1 Å². The first kappa shape index (κ1) is 24.2. The molecule has 0 radical (unpaired) electrons. The van der Waals surface area contributed by atoms with Crippen LogP contribution in [0.4, 0.5) is 4.39 Å². The molecule has 0 spiro atoms. The second-order valence-corrected chi connectivity index (χ2v) is 9.84. The molecule has 8 heteroatoms. The minimum Gasteiger partial charge on any atom is -0.496 e. The summed E-state index contributed by atoms with van der Waals surface area (Å²) >= 11 is 0. The Balaban J connectivity index is 1.45. The molecular formula is C28H31FN4O3. The van der Waals surface area contributed by atoms with E-state index in [1.807, 2.05) is 10.9 Å². The molecule has 36 heavy (non-hydrogen) atoms. The van der Waals surface area contributed by atoms with Gasteiger partial charge in [0.1, 0.15) is 11.6 Å². The van der Waals surface area contributed by atoms with E-state index in [4.69, 9.17) is 10.5 Å². The van der Waals surface area contributed by atoms with Gasteiger partial charge in [-0.25, -0.2) is 9.07 Å². The number of fused-ring (bicyclic) bond motifs is 2. The van der Waals surface area contributed by atoms with Crippen LogP contribution in [0.15, 0.2) is 48.3 Å². The number of aliphatic hydroxyl groups is 1. The molecular weight excluding hydrogens is 459 g/mol. The molecule has 3 aromatic rings. The number of pyridine rings is 1. The fourth-order valence-electron chi connectivity index (χ4n) is 6.22. The van der Waals surface area contributed by atoms with Gasteiger partial charge in [-0.05, 0) is 80.5 Å². The van der Waals surface area contributed by atoms with E-state index in [0.29, 0.717) is 37.0 Å². The first-order chi connectivity index (χ1) is 17.3. The van der Waals surface area contributed by atoms with Gasteiger partial charge in [-0.1, -0.05) is 12.5 Å². The minimum atomic E-state index is -0.933. The topological polar surface area (TPSA) is 103 Å². The van der Waals surface area contributed by atoms with Crippen molar-refractivity contribution in [3.63, 3.8) is 0 Å². The number of hydrogen-bond donors (Lipinski definition) is 2. The van der Waals surface area contributed by atoms with Gasteiger partial charge >= 0.3 is 0 Å². The second-order valence-electron chi connectivity index (χ2n) is 9.84. The SMILES string of the molecule is CC[C@]12Cc3cnn(-c4ccc(F)cc4)c3C=C1CC[C@@]2(O)CCc1nccc(OC)c1CC(N)=O.